The lowest BCUT2D eigenvalue weighted by atomic mass is 10.0. The van der Waals surface area contributed by atoms with Crippen molar-refractivity contribution in [1.82, 2.24) is 9.47 Å². The number of para-hydroxylation sites is 1. The normalized spacial score (nSPS) is 21.6. The fourth-order valence-corrected chi connectivity index (χ4v) is 5.95. The van der Waals surface area contributed by atoms with Crippen molar-refractivity contribution in [2.75, 3.05) is 55.9 Å². The Morgan fingerprint density at radius 1 is 1.00 bits per heavy atom. The van der Waals surface area contributed by atoms with E-state index < -0.39 is 10.8 Å². The predicted molar refractivity (Wildman–Crippen MR) is 159 cm³/mol. The molecule has 2 fully saturated rings. The number of hydrogen-bond acceptors (Lipinski definition) is 7. The van der Waals surface area contributed by atoms with Crippen LogP contribution in [0.1, 0.15) is 36.6 Å². The molecule has 1 unspecified atom stereocenters. The zero-order chi connectivity index (χ0) is 28.1. The second-order valence-corrected chi connectivity index (χ2v) is 11.8. The Morgan fingerprint density at radius 3 is 2.33 bits per heavy atom. The van der Waals surface area contributed by atoms with Gasteiger partial charge < -0.3 is 19.7 Å². The van der Waals surface area contributed by atoms with E-state index in [1.165, 1.54) is 0 Å². The number of nitrogens with zero attached hydrogens (tertiary/aromatic N) is 3. The SMILES string of the molecule is Cc1ccc(=O)n(C)c(N2CCN(C3COC(C)OC3)CC2)cc(C)c([C@@H](C)Nc2ccccc2S(C)=O)c1. The summed E-state index contributed by atoms with van der Waals surface area (Å²) in [5.74, 6) is 0.888. The van der Waals surface area contributed by atoms with Gasteiger partial charge in [-0.2, -0.15) is 0 Å². The van der Waals surface area contributed by atoms with E-state index in [0.717, 1.165) is 59.3 Å². The van der Waals surface area contributed by atoms with Gasteiger partial charge in [0, 0.05) is 51.6 Å². The molecule has 0 amide bonds. The Labute approximate surface area is 234 Å². The monoisotopic (exact) mass is 554 g/mol. The third-order valence-electron chi connectivity index (χ3n) is 7.58. The molecule has 1 N–H and O–H groups in total. The summed E-state index contributed by atoms with van der Waals surface area (Å²) in [5, 5.41) is 3.58. The van der Waals surface area contributed by atoms with Gasteiger partial charge in [-0.3, -0.25) is 18.5 Å². The summed E-state index contributed by atoms with van der Waals surface area (Å²) < 4.78 is 25.5. The molecule has 0 saturated carbocycles. The average Bonchev–Trinajstić information content (AvgIpc) is 2.93. The van der Waals surface area contributed by atoms with Gasteiger partial charge >= 0.3 is 0 Å². The first-order valence-corrected chi connectivity index (χ1v) is 15.2. The van der Waals surface area contributed by atoms with E-state index in [0.29, 0.717) is 13.2 Å². The zero-order valence-electron chi connectivity index (χ0n) is 24.0. The number of anilines is 2. The van der Waals surface area contributed by atoms with E-state index in [1.807, 2.05) is 51.2 Å². The maximum Gasteiger partial charge on any atom is 0.251 e. The van der Waals surface area contributed by atoms with Crippen LogP contribution in [-0.4, -0.2) is 71.7 Å². The van der Waals surface area contributed by atoms with Gasteiger partial charge in [0.15, 0.2) is 6.29 Å². The van der Waals surface area contributed by atoms with Gasteiger partial charge in [-0.25, -0.2) is 0 Å². The summed E-state index contributed by atoms with van der Waals surface area (Å²) in [6, 6.07) is 15.7. The van der Waals surface area contributed by atoms with E-state index in [2.05, 4.69) is 41.1 Å². The second kappa shape index (κ2) is 13.1. The third kappa shape index (κ3) is 7.28. The van der Waals surface area contributed by atoms with Crippen LogP contribution in [0.15, 0.2) is 58.2 Å². The molecule has 2 aromatic rings. The number of ether oxygens (including phenoxy) is 2. The molecule has 0 spiro atoms. The Balaban J connectivity index is 1.66. The average molecular weight is 555 g/mol. The highest BCUT2D eigenvalue weighted by atomic mass is 32.2. The van der Waals surface area contributed by atoms with Crippen LogP contribution < -0.4 is 15.8 Å². The minimum Gasteiger partial charge on any atom is -0.378 e. The van der Waals surface area contributed by atoms with Crippen LogP contribution in [0.25, 0.3) is 0 Å². The predicted octanol–water partition coefficient (Wildman–Crippen LogP) is 3.92. The van der Waals surface area contributed by atoms with E-state index in [1.54, 1.807) is 16.9 Å². The molecule has 212 valence electrons. The summed E-state index contributed by atoms with van der Waals surface area (Å²) in [4.78, 5) is 18.6. The number of rotatable bonds is 6. The first kappa shape index (κ1) is 29.3. The van der Waals surface area contributed by atoms with Crippen LogP contribution >= 0.6 is 0 Å². The summed E-state index contributed by atoms with van der Waals surface area (Å²) in [6.07, 6.45) is 1.56. The second-order valence-electron chi connectivity index (χ2n) is 10.5. The van der Waals surface area contributed by atoms with Crippen molar-refractivity contribution in [3.05, 3.63) is 75.6 Å². The van der Waals surface area contributed by atoms with Crippen LogP contribution in [0, 0.1) is 13.8 Å². The van der Waals surface area contributed by atoms with Gasteiger partial charge in [0.25, 0.3) is 5.56 Å². The summed E-state index contributed by atoms with van der Waals surface area (Å²) >= 11 is 0. The van der Waals surface area contributed by atoms with Crippen molar-refractivity contribution in [1.29, 1.82) is 0 Å². The lowest BCUT2D eigenvalue weighted by Gasteiger charge is -2.42. The van der Waals surface area contributed by atoms with Crippen molar-refractivity contribution < 1.29 is 13.7 Å². The quantitative estimate of drug-likeness (QED) is 0.580. The minimum absolute atomic E-state index is 0.0541. The van der Waals surface area contributed by atoms with Gasteiger partial charge in [0.2, 0.25) is 0 Å². The number of aromatic nitrogens is 1. The number of piperazine rings is 1. The summed E-state index contributed by atoms with van der Waals surface area (Å²) in [5.41, 5.74) is 3.98. The number of nitrogens with one attached hydrogen (secondary N) is 1. The summed E-state index contributed by atoms with van der Waals surface area (Å²) in [7, 11) is 0.743. The zero-order valence-corrected chi connectivity index (χ0v) is 24.8. The molecular weight excluding hydrogens is 512 g/mol. The topological polar surface area (TPSA) is 76.0 Å². The lowest BCUT2D eigenvalue weighted by molar-refractivity contribution is -0.195. The highest BCUT2D eigenvalue weighted by Gasteiger charge is 2.28. The van der Waals surface area contributed by atoms with Crippen molar-refractivity contribution in [2.45, 2.75) is 51.0 Å². The van der Waals surface area contributed by atoms with Crippen LogP contribution in [0.2, 0.25) is 0 Å². The Hall–Kier alpha value is -2.72. The number of hydrogen-bond donors (Lipinski definition) is 1. The highest BCUT2D eigenvalue weighted by molar-refractivity contribution is 7.84. The van der Waals surface area contributed by atoms with Crippen LogP contribution in [0.5, 0.6) is 0 Å². The molecule has 2 aliphatic heterocycles. The maximum atomic E-state index is 13.1. The first-order valence-electron chi connectivity index (χ1n) is 13.6. The van der Waals surface area contributed by atoms with Gasteiger partial charge in [-0.05, 0) is 57.0 Å². The molecule has 2 aliphatic rings. The van der Waals surface area contributed by atoms with E-state index >= 15 is 0 Å². The molecule has 8 nitrogen and oxygen atoms in total. The Bertz CT molecular complexity index is 1300. The molecule has 39 heavy (non-hydrogen) atoms. The molecule has 0 aliphatic carbocycles. The number of aryl methyl sites for hydroxylation is 2. The molecule has 9 heteroatoms. The van der Waals surface area contributed by atoms with Crippen LogP contribution in [0.4, 0.5) is 11.5 Å². The largest absolute Gasteiger partial charge is 0.378 e. The molecule has 2 saturated heterocycles. The van der Waals surface area contributed by atoms with Crippen molar-refractivity contribution in [2.24, 2.45) is 7.05 Å². The molecule has 4 rings (SSSR count). The molecule has 2 atom stereocenters. The summed E-state index contributed by atoms with van der Waals surface area (Å²) in [6.45, 7) is 12.9. The standard InChI is InChI=1S/C30H42N4O4S/c1-21-11-12-30(35)32(5)29(34-15-13-33(14-16-34)25-19-37-24(4)38-20-25)18-22(2)26(17-21)23(3)31-27-9-7-8-10-28(27)39(6)36/h7-12,17-18,23-25,31H,13-16,19-20H2,1-6H3/t23-,24?,25?,39?/m1/s1. The molecule has 0 radical (unpaired) electrons. The lowest BCUT2D eigenvalue weighted by Crippen LogP contribution is -2.55. The molecule has 0 bridgehead atoms. The van der Waals surface area contributed by atoms with E-state index in [9.17, 15) is 9.00 Å². The molecule has 1 aromatic heterocycles. The molecule has 3 heterocycles. The first-order chi connectivity index (χ1) is 18.6. The van der Waals surface area contributed by atoms with Gasteiger partial charge in [-0.15, -0.1) is 0 Å². The molecular formula is C30H42N4O4S. The van der Waals surface area contributed by atoms with Crippen LogP contribution in [-0.2, 0) is 27.3 Å². The van der Waals surface area contributed by atoms with Crippen molar-refractivity contribution in [3.8, 4) is 0 Å². The number of benzene rings is 1. The fourth-order valence-electron chi connectivity index (χ4n) is 5.24. The van der Waals surface area contributed by atoms with Gasteiger partial charge in [0.1, 0.15) is 5.82 Å². The van der Waals surface area contributed by atoms with Gasteiger partial charge in [-0.1, -0.05) is 29.8 Å². The highest BCUT2D eigenvalue weighted by Crippen LogP contribution is 2.27. The smallest absolute Gasteiger partial charge is 0.251 e. The van der Waals surface area contributed by atoms with Crippen LogP contribution in [0.3, 0.4) is 0 Å². The Kier molecular flexibility index (Phi) is 9.82. The van der Waals surface area contributed by atoms with E-state index in [-0.39, 0.29) is 23.9 Å². The van der Waals surface area contributed by atoms with Gasteiger partial charge in [0.05, 0.1) is 40.6 Å². The fraction of sp³-hybridized carbons (Fsp3) is 0.500. The third-order valence-corrected chi connectivity index (χ3v) is 8.56. The van der Waals surface area contributed by atoms with E-state index in [4.69, 9.17) is 9.47 Å². The molecule has 1 aromatic carbocycles. The Morgan fingerprint density at radius 2 is 1.67 bits per heavy atom. The van der Waals surface area contributed by atoms with Crippen molar-refractivity contribution in [3.63, 3.8) is 0 Å². The van der Waals surface area contributed by atoms with Crippen molar-refractivity contribution >= 4 is 22.3 Å². The minimum atomic E-state index is -1.10. The maximum absolute atomic E-state index is 13.1.